The first-order valence-corrected chi connectivity index (χ1v) is 5.95. The SMILES string of the molecule is CCC(CC(=O)O)NC(=O)Cc1c(C)n[nH]c1C. The Morgan fingerprint density at radius 3 is 2.56 bits per heavy atom. The number of carboxylic acid groups (broad SMARTS) is 1. The van der Waals surface area contributed by atoms with Gasteiger partial charge >= 0.3 is 5.97 Å². The first-order chi connectivity index (χ1) is 8.43. The first-order valence-electron chi connectivity index (χ1n) is 5.95. The van der Waals surface area contributed by atoms with Crippen molar-refractivity contribution in [2.24, 2.45) is 0 Å². The van der Waals surface area contributed by atoms with Crippen LogP contribution in [0.1, 0.15) is 36.7 Å². The maximum atomic E-state index is 11.8. The Bertz CT molecular complexity index is 420. The van der Waals surface area contributed by atoms with Crippen molar-refractivity contribution < 1.29 is 14.7 Å². The summed E-state index contributed by atoms with van der Waals surface area (Å²) in [4.78, 5) is 22.4. The van der Waals surface area contributed by atoms with Crippen molar-refractivity contribution in [1.82, 2.24) is 15.5 Å². The zero-order valence-corrected chi connectivity index (χ0v) is 10.9. The molecule has 1 unspecified atom stereocenters. The van der Waals surface area contributed by atoms with Crippen molar-refractivity contribution in [3.63, 3.8) is 0 Å². The molecule has 1 aromatic rings. The van der Waals surface area contributed by atoms with Gasteiger partial charge in [0, 0.05) is 17.3 Å². The van der Waals surface area contributed by atoms with E-state index in [4.69, 9.17) is 5.11 Å². The van der Waals surface area contributed by atoms with E-state index in [1.165, 1.54) is 0 Å². The van der Waals surface area contributed by atoms with Crippen LogP contribution in [0.2, 0.25) is 0 Å². The minimum atomic E-state index is -0.905. The molecule has 0 bridgehead atoms. The second-order valence-electron chi connectivity index (χ2n) is 4.36. The molecule has 3 N–H and O–H groups in total. The summed E-state index contributed by atoms with van der Waals surface area (Å²) in [7, 11) is 0. The highest BCUT2D eigenvalue weighted by atomic mass is 16.4. The lowest BCUT2D eigenvalue weighted by Gasteiger charge is -2.14. The van der Waals surface area contributed by atoms with Crippen LogP contribution in [-0.2, 0) is 16.0 Å². The molecule has 0 radical (unpaired) electrons. The Kier molecular flexibility index (Phi) is 4.88. The highest BCUT2D eigenvalue weighted by molar-refractivity contribution is 5.80. The monoisotopic (exact) mass is 253 g/mol. The van der Waals surface area contributed by atoms with Crippen LogP contribution in [-0.4, -0.2) is 33.2 Å². The number of aromatic amines is 1. The van der Waals surface area contributed by atoms with Gasteiger partial charge in [-0.1, -0.05) is 6.92 Å². The number of aliphatic carboxylic acids is 1. The van der Waals surface area contributed by atoms with Gasteiger partial charge in [0.15, 0.2) is 0 Å². The van der Waals surface area contributed by atoms with Crippen LogP contribution in [0, 0.1) is 13.8 Å². The van der Waals surface area contributed by atoms with Crippen LogP contribution < -0.4 is 5.32 Å². The number of amides is 1. The molecule has 1 aromatic heterocycles. The maximum Gasteiger partial charge on any atom is 0.305 e. The smallest absolute Gasteiger partial charge is 0.305 e. The van der Waals surface area contributed by atoms with E-state index in [-0.39, 0.29) is 24.8 Å². The van der Waals surface area contributed by atoms with Crippen molar-refractivity contribution in [3.8, 4) is 0 Å². The van der Waals surface area contributed by atoms with Crippen LogP contribution in [0.25, 0.3) is 0 Å². The molecule has 1 heterocycles. The van der Waals surface area contributed by atoms with Gasteiger partial charge in [0.25, 0.3) is 0 Å². The van der Waals surface area contributed by atoms with Gasteiger partial charge in [-0.3, -0.25) is 14.7 Å². The summed E-state index contributed by atoms with van der Waals surface area (Å²) in [6.45, 7) is 5.54. The highest BCUT2D eigenvalue weighted by Gasteiger charge is 2.16. The minimum absolute atomic E-state index is 0.0500. The fraction of sp³-hybridized carbons (Fsp3) is 0.583. The van der Waals surface area contributed by atoms with Crippen LogP contribution in [0.4, 0.5) is 0 Å². The summed E-state index contributed by atoms with van der Waals surface area (Å²) in [6, 6.07) is -0.317. The summed E-state index contributed by atoms with van der Waals surface area (Å²) in [6.07, 6.45) is 0.775. The van der Waals surface area contributed by atoms with Crippen molar-refractivity contribution in [2.75, 3.05) is 0 Å². The lowest BCUT2D eigenvalue weighted by Crippen LogP contribution is -2.37. The molecule has 18 heavy (non-hydrogen) atoms. The van der Waals surface area contributed by atoms with Gasteiger partial charge in [-0.25, -0.2) is 0 Å². The number of hydrogen-bond acceptors (Lipinski definition) is 3. The molecule has 1 atom stereocenters. The average Bonchev–Trinajstić information content (AvgIpc) is 2.59. The lowest BCUT2D eigenvalue weighted by atomic mass is 10.1. The summed E-state index contributed by atoms with van der Waals surface area (Å²) >= 11 is 0. The molecule has 1 rings (SSSR count). The van der Waals surface area contributed by atoms with Gasteiger partial charge in [0.2, 0.25) is 5.91 Å². The zero-order chi connectivity index (χ0) is 13.7. The second-order valence-corrected chi connectivity index (χ2v) is 4.36. The Hall–Kier alpha value is -1.85. The van der Waals surface area contributed by atoms with Gasteiger partial charge in [-0.2, -0.15) is 5.10 Å². The van der Waals surface area contributed by atoms with Gasteiger partial charge in [-0.15, -0.1) is 0 Å². The second kappa shape index (κ2) is 6.18. The topological polar surface area (TPSA) is 95.1 Å². The fourth-order valence-corrected chi connectivity index (χ4v) is 1.78. The molecule has 0 aliphatic carbocycles. The largest absolute Gasteiger partial charge is 0.481 e. The van der Waals surface area contributed by atoms with Crippen molar-refractivity contribution >= 4 is 11.9 Å². The van der Waals surface area contributed by atoms with E-state index >= 15 is 0 Å². The van der Waals surface area contributed by atoms with Gasteiger partial charge in [0.05, 0.1) is 18.5 Å². The standard InChI is InChI=1S/C12H19N3O3/c1-4-9(5-12(17)18)13-11(16)6-10-7(2)14-15-8(10)3/h9H,4-6H2,1-3H3,(H,13,16)(H,14,15)(H,17,18). The third-order valence-corrected chi connectivity index (χ3v) is 2.90. The Morgan fingerprint density at radius 2 is 2.11 bits per heavy atom. The summed E-state index contributed by atoms with van der Waals surface area (Å²) in [5.41, 5.74) is 2.54. The quantitative estimate of drug-likeness (QED) is 0.703. The number of aryl methyl sites for hydroxylation is 2. The number of carboxylic acids is 1. The number of hydrogen-bond donors (Lipinski definition) is 3. The zero-order valence-electron chi connectivity index (χ0n) is 10.9. The van der Waals surface area contributed by atoms with E-state index in [1.54, 1.807) is 0 Å². The van der Waals surface area contributed by atoms with Crippen molar-refractivity contribution in [2.45, 2.75) is 46.1 Å². The fourth-order valence-electron chi connectivity index (χ4n) is 1.78. The third-order valence-electron chi connectivity index (χ3n) is 2.90. The molecule has 0 aliphatic rings. The van der Waals surface area contributed by atoms with Gasteiger partial charge in [0.1, 0.15) is 0 Å². The Morgan fingerprint density at radius 1 is 1.44 bits per heavy atom. The van der Waals surface area contributed by atoms with Gasteiger partial charge in [-0.05, 0) is 20.3 Å². The van der Waals surface area contributed by atoms with Crippen molar-refractivity contribution in [1.29, 1.82) is 0 Å². The number of rotatable bonds is 6. The number of H-pyrrole nitrogens is 1. The number of carbonyl (C=O) groups excluding carboxylic acids is 1. The minimum Gasteiger partial charge on any atom is -0.481 e. The van der Waals surface area contributed by atoms with Crippen LogP contribution in [0.5, 0.6) is 0 Å². The molecular formula is C12H19N3O3. The van der Waals surface area contributed by atoms with Crippen LogP contribution in [0.3, 0.4) is 0 Å². The normalized spacial score (nSPS) is 12.2. The third kappa shape index (κ3) is 3.87. The molecule has 0 aromatic carbocycles. The van der Waals surface area contributed by atoms with Gasteiger partial charge < -0.3 is 10.4 Å². The van der Waals surface area contributed by atoms with E-state index in [1.807, 2.05) is 20.8 Å². The molecule has 100 valence electrons. The predicted octanol–water partition coefficient (Wildman–Crippen LogP) is 0.939. The van der Waals surface area contributed by atoms with E-state index in [2.05, 4.69) is 15.5 Å². The molecule has 6 nitrogen and oxygen atoms in total. The van der Waals surface area contributed by atoms with E-state index in [0.29, 0.717) is 6.42 Å². The molecule has 0 saturated heterocycles. The van der Waals surface area contributed by atoms with E-state index < -0.39 is 5.97 Å². The number of nitrogens with zero attached hydrogens (tertiary/aromatic N) is 1. The maximum absolute atomic E-state index is 11.8. The van der Waals surface area contributed by atoms with E-state index in [0.717, 1.165) is 17.0 Å². The van der Waals surface area contributed by atoms with Crippen LogP contribution in [0.15, 0.2) is 0 Å². The molecule has 0 fully saturated rings. The first kappa shape index (κ1) is 14.2. The van der Waals surface area contributed by atoms with Crippen molar-refractivity contribution in [3.05, 3.63) is 17.0 Å². The Labute approximate surface area is 106 Å². The lowest BCUT2D eigenvalue weighted by molar-refractivity contribution is -0.137. The predicted molar refractivity (Wildman–Crippen MR) is 66.2 cm³/mol. The number of aromatic nitrogens is 2. The molecule has 0 saturated carbocycles. The van der Waals surface area contributed by atoms with Crippen LogP contribution >= 0.6 is 0 Å². The molecule has 0 aliphatic heterocycles. The summed E-state index contributed by atoms with van der Waals surface area (Å²) in [5, 5.41) is 18.3. The molecule has 1 amide bonds. The molecule has 6 heteroatoms. The molecular weight excluding hydrogens is 234 g/mol. The van der Waals surface area contributed by atoms with E-state index in [9.17, 15) is 9.59 Å². The summed E-state index contributed by atoms with van der Waals surface area (Å²) < 4.78 is 0. The highest BCUT2D eigenvalue weighted by Crippen LogP contribution is 2.10. The number of nitrogens with one attached hydrogen (secondary N) is 2. The number of carbonyl (C=O) groups is 2. The molecule has 0 spiro atoms. The summed E-state index contributed by atoms with van der Waals surface area (Å²) in [5.74, 6) is -1.08. The average molecular weight is 253 g/mol. The Balaban J connectivity index is 2.58.